The summed E-state index contributed by atoms with van der Waals surface area (Å²) in [4.78, 5) is 23.8. The van der Waals surface area contributed by atoms with E-state index in [1.165, 1.54) is 13.3 Å². The van der Waals surface area contributed by atoms with Gasteiger partial charge < -0.3 is 18.5 Å². The van der Waals surface area contributed by atoms with Crippen molar-refractivity contribution in [2.75, 3.05) is 26.5 Å². The Morgan fingerprint density at radius 2 is 1.04 bits per heavy atom. The van der Waals surface area contributed by atoms with E-state index in [0.29, 0.717) is 37.6 Å². The third-order valence-electron chi connectivity index (χ3n) is 7.01. The number of nitrogens with one attached hydrogen (secondary N) is 1. The molecule has 0 radical (unpaired) electrons. The zero-order valence-corrected chi connectivity index (χ0v) is 34.3. The van der Waals surface area contributed by atoms with Gasteiger partial charge in [-0.05, 0) is 61.1 Å². The van der Waals surface area contributed by atoms with E-state index >= 15 is 0 Å². The molecule has 0 fully saturated rings. The van der Waals surface area contributed by atoms with Gasteiger partial charge in [0.25, 0.3) is 0 Å². The molecule has 0 saturated heterocycles. The summed E-state index contributed by atoms with van der Waals surface area (Å²) >= 11 is 3.36. The predicted molar refractivity (Wildman–Crippen MR) is 217 cm³/mol. The molecule has 13 heteroatoms. The molecule has 288 valence electrons. The number of nitrogens with two attached hydrogens (primary N) is 1. The molecule has 4 rings (SSSR count). The van der Waals surface area contributed by atoms with Crippen LogP contribution in [0, 0.1) is 0 Å². The molecule has 10 nitrogen and oxygen atoms in total. The van der Waals surface area contributed by atoms with Crippen LogP contribution in [0.15, 0.2) is 121 Å². The van der Waals surface area contributed by atoms with E-state index in [2.05, 4.69) is 27.9 Å². The van der Waals surface area contributed by atoms with Gasteiger partial charge in [0, 0.05) is 13.3 Å². The van der Waals surface area contributed by atoms with Crippen LogP contribution < -0.4 is 19.6 Å². The van der Waals surface area contributed by atoms with Crippen LogP contribution in [0.2, 0.25) is 0 Å². The number of esters is 2. The van der Waals surface area contributed by atoms with Gasteiger partial charge in [0.05, 0.1) is 13.2 Å². The molecule has 0 aliphatic carbocycles. The van der Waals surface area contributed by atoms with Gasteiger partial charge in [0.1, 0.15) is 22.4 Å². The second-order valence-electron chi connectivity index (χ2n) is 12.1. The minimum atomic E-state index is -3.25. The molecule has 0 heterocycles. The maximum absolute atomic E-state index is 12.9. The molecular formula is C40H53BrN2O8P2. The average Bonchev–Trinajstić information content (AvgIpc) is 3.13. The van der Waals surface area contributed by atoms with Crippen molar-refractivity contribution in [2.45, 2.75) is 63.2 Å². The molecule has 4 unspecified atom stereocenters. The maximum Gasteiger partial charge on any atom is 0.323 e. The van der Waals surface area contributed by atoms with Gasteiger partial charge in [0.15, 0.2) is 0 Å². The maximum atomic E-state index is 12.9. The van der Waals surface area contributed by atoms with Crippen molar-refractivity contribution in [3.8, 4) is 11.5 Å². The molecule has 0 bridgehead atoms. The monoisotopic (exact) mass is 830 g/mol. The van der Waals surface area contributed by atoms with Crippen LogP contribution in [-0.4, -0.2) is 49.4 Å². The summed E-state index contributed by atoms with van der Waals surface area (Å²) in [5.74, 6) is 0.447. The molecule has 0 aliphatic heterocycles. The number of unbranched alkanes of at least 4 members (excludes halogenated alkanes) is 2. The second-order valence-corrected chi connectivity index (χ2v) is 17.4. The van der Waals surface area contributed by atoms with Crippen molar-refractivity contribution in [2.24, 2.45) is 5.50 Å². The summed E-state index contributed by atoms with van der Waals surface area (Å²) in [6.07, 6.45) is 4.75. The van der Waals surface area contributed by atoms with Gasteiger partial charge in [-0.3, -0.25) is 18.7 Å². The smallest absolute Gasteiger partial charge is 0.323 e. The quantitative estimate of drug-likeness (QED) is 0.0431. The molecule has 0 amide bonds. The van der Waals surface area contributed by atoms with Crippen molar-refractivity contribution < 1.29 is 37.2 Å². The number of carbonyl (C=O) groups is 2. The van der Waals surface area contributed by atoms with E-state index in [1.807, 2.05) is 79.7 Å². The number of rotatable bonds is 18. The number of carbonyl (C=O) groups excluding carboxylic acids is 2. The SMILES string of the molecule is CCCCOC(=O)C(Br)Cc1ccccc1.CCCCOC(=O)C(Cc1ccccc1)NP(C)(=O)Oc1ccccc1.CP(N)(=O)Oc1ccccc1. The predicted octanol–water partition coefficient (Wildman–Crippen LogP) is 9.62. The fourth-order valence-electron chi connectivity index (χ4n) is 4.44. The topological polar surface area (TPSA) is 143 Å². The number of hydrogen-bond acceptors (Lipinski definition) is 8. The standard InChI is InChI=1S/C20H26NO4P.C13H17BrO2.C7H10NO2P/c1-3-4-15-24-20(22)19(16-17-11-7-5-8-12-17)21-26(2,23)25-18-13-9-6-10-14-18;1-2-3-9-16-13(15)12(14)10-11-7-5-4-6-8-11;1-11(8,9)10-7-5-3-2-4-6-7/h5-14,19H,3-4,15-16H2,1-2H3,(H,21,23);4-8,12H,2-3,9-10H2,1H3;2-6H,1H3,(H2,8,9). The molecule has 0 aliphatic rings. The van der Waals surface area contributed by atoms with Crippen LogP contribution in [0.5, 0.6) is 11.5 Å². The average molecular weight is 832 g/mol. The first kappa shape index (κ1) is 45.4. The van der Waals surface area contributed by atoms with Gasteiger partial charge in [-0.15, -0.1) is 0 Å². The van der Waals surface area contributed by atoms with Crippen molar-refractivity contribution in [3.63, 3.8) is 0 Å². The highest BCUT2D eigenvalue weighted by Gasteiger charge is 2.29. The molecule has 53 heavy (non-hydrogen) atoms. The van der Waals surface area contributed by atoms with Crippen molar-refractivity contribution >= 4 is 42.9 Å². The summed E-state index contributed by atoms with van der Waals surface area (Å²) in [5, 5.41) is 2.88. The zero-order valence-electron chi connectivity index (χ0n) is 31.0. The number of para-hydroxylation sites is 2. The highest BCUT2D eigenvalue weighted by Crippen LogP contribution is 2.39. The van der Waals surface area contributed by atoms with Crippen molar-refractivity contribution in [1.82, 2.24) is 5.09 Å². The number of alkyl halides is 1. The summed E-state index contributed by atoms with van der Waals surface area (Å²) in [6.45, 7) is 7.82. The normalized spacial score (nSPS) is 13.8. The summed E-state index contributed by atoms with van der Waals surface area (Å²) < 4.78 is 44.8. The molecule has 4 aromatic rings. The van der Waals surface area contributed by atoms with E-state index in [9.17, 15) is 18.7 Å². The largest absolute Gasteiger partial charge is 0.465 e. The Kier molecular flexibility index (Phi) is 21.7. The minimum absolute atomic E-state index is 0.169. The molecule has 4 aromatic carbocycles. The first-order valence-electron chi connectivity index (χ1n) is 17.6. The minimum Gasteiger partial charge on any atom is -0.465 e. The Hall–Kier alpha value is -3.72. The molecule has 4 atom stereocenters. The molecule has 0 saturated carbocycles. The highest BCUT2D eigenvalue weighted by atomic mass is 79.9. The Labute approximate surface area is 323 Å². The first-order chi connectivity index (χ1) is 25.3. The van der Waals surface area contributed by atoms with Crippen LogP contribution in [-0.2, 0) is 41.0 Å². The fourth-order valence-corrected chi connectivity index (χ4v) is 6.83. The Morgan fingerprint density at radius 3 is 1.47 bits per heavy atom. The lowest BCUT2D eigenvalue weighted by atomic mass is 10.1. The van der Waals surface area contributed by atoms with E-state index in [1.54, 1.807) is 48.5 Å². The lowest BCUT2D eigenvalue weighted by Gasteiger charge is -2.23. The summed E-state index contributed by atoms with van der Waals surface area (Å²) in [7, 11) is -6.14. The first-order valence-corrected chi connectivity index (χ1v) is 22.7. The second kappa shape index (κ2) is 25.3. The Bertz CT molecular complexity index is 1680. The van der Waals surface area contributed by atoms with Crippen LogP contribution in [0.1, 0.15) is 50.7 Å². The van der Waals surface area contributed by atoms with Crippen molar-refractivity contribution in [1.29, 1.82) is 0 Å². The number of hydrogen-bond donors (Lipinski definition) is 2. The van der Waals surface area contributed by atoms with Gasteiger partial charge >= 0.3 is 27.0 Å². The van der Waals surface area contributed by atoms with Gasteiger partial charge in [0.2, 0.25) is 0 Å². The summed E-state index contributed by atoms with van der Waals surface area (Å²) in [5.41, 5.74) is 7.29. The Morgan fingerprint density at radius 1 is 0.642 bits per heavy atom. The third kappa shape index (κ3) is 21.5. The number of benzene rings is 4. The van der Waals surface area contributed by atoms with E-state index < -0.39 is 27.1 Å². The third-order valence-corrected chi connectivity index (χ3v) is 9.62. The van der Waals surface area contributed by atoms with E-state index in [4.69, 9.17) is 24.0 Å². The van der Waals surface area contributed by atoms with Gasteiger partial charge in [-0.2, -0.15) is 0 Å². The zero-order chi connectivity index (χ0) is 39.0. The van der Waals surface area contributed by atoms with Crippen LogP contribution in [0.4, 0.5) is 0 Å². The Balaban J connectivity index is 0.000000305. The molecule has 3 N–H and O–H groups in total. The van der Waals surface area contributed by atoms with E-state index in [0.717, 1.165) is 36.8 Å². The molecule has 0 aromatic heterocycles. The van der Waals surface area contributed by atoms with E-state index in [-0.39, 0.29) is 10.8 Å². The highest BCUT2D eigenvalue weighted by molar-refractivity contribution is 9.10. The molecule has 0 spiro atoms. The lowest BCUT2D eigenvalue weighted by molar-refractivity contribution is -0.146. The molecular weight excluding hydrogens is 778 g/mol. The number of halogens is 1. The lowest BCUT2D eigenvalue weighted by Crippen LogP contribution is -2.39. The van der Waals surface area contributed by atoms with Crippen LogP contribution >= 0.6 is 31.0 Å². The van der Waals surface area contributed by atoms with Gasteiger partial charge in [-0.25, -0.2) is 10.6 Å². The van der Waals surface area contributed by atoms with Gasteiger partial charge in [-0.1, -0.05) is 140 Å². The fraction of sp³-hybridized carbons (Fsp3) is 0.350. The van der Waals surface area contributed by atoms with Crippen molar-refractivity contribution in [3.05, 3.63) is 132 Å². The number of ether oxygens (including phenoxy) is 2. The van der Waals surface area contributed by atoms with Crippen LogP contribution in [0.25, 0.3) is 0 Å². The van der Waals surface area contributed by atoms with Crippen LogP contribution in [0.3, 0.4) is 0 Å². The summed E-state index contributed by atoms with van der Waals surface area (Å²) in [6, 6.07) is 36.5.